The van der Waals surface area contributed by atoms with E-state index in [2.05, 4.69) is 12.3 Å². The smallest absolute Gasteiger partial charge is 0.0718 e. The lowest BCUT2D eigenvalue weighted by molar-refractivity contribution is 0.329. The highest BCUT2D eigenvalue weighted by molar-refractivity contribution is 5.21. The van der Waals surface area contributed by atoms with Crippen LogP contribution >= 0.6 is 0 Å². The Morgan fingerprint density at radius 3 is 2.50 bits per heavy atom. The summed E-state index contributed by atoms with van der Waals surface area (Å²) >= 11 is 0. The average Bonchev–Trinajstić information content (AvgIpc) is 2.16. The summed E-state index contributed by atoms with van der Waals surface area (Å²) in [5, 5.41) is 8.85. The zero-order valence-electron chi connectivity index (χ0n) is 6.96. The topological polar surface area (TPSA) is 20.2 Å². The van der Waals surface area contributed by atoms with Crippen LogP contribution < -0.4 is 0 Å². The zero-order chi connectivity index (χ0) is 8.81. The Balaban J connectivity index is 2.70. The molecule has 0 unspecified atom stereocenters. The van der Waals surface area contributed by atoms with Crippen LogP contribution in [0.3, 0.4) is 0 Å². The Morgan fingerprint density at radius 1 is 1.33 bits per heavy atom. The molecule has 0 saturated heterocycles. The molecule has 0 fully saturated rings. The van der Waals surface area contributed by atoms with Crippen LogP contribution in [-0.2, 0) is 6.42 Å². The van der Waals surface area contributed by atoms with Crippen LogP contribution in [0.15, 0.2) is 48.2 Å². The van der Waals surface area contributed by atoms with Crippen LogP contribution in [0.2, 0.25) is 0 Å². The Bertz CT molecular complexity index is 281. The van der Waals surface area contributed by atoms with Crippen molar-refractivity contribution in [2.75, 3.05) is 6.61 Å². The number of aliphatic hydroxyl groups is 1. The zero-order valence-corrected chi connectivity index (χ0v) is 6.96. The highest BCUT2D eigenvalue weighted by atomic mass is 16.3. The molecule has 12 heavy (non-hydrogen) atoms. The van der Waals surface area contributed by atoms with E-state index < -0.39 is 0 Å². The molecule has 0 spiro atoms. The lowest BCUT2D eigenvalue weighted by atomic mass is 10.1. The van der Waals surface area contributed by atoms with Crippen LogP contribution in [0.4, 0.5) is 0 Å². The Labute approximate surface area is 72.7 Å². The molecule has 0 aliphatic carbocycles. The summed E-state index contributed by atoms with van der Waals surface area (Å²) in [5.74, 6) is 0. The molecule has 0 heterocycles. The largest absolute Gasteiger partial charge is 0.391 e. The lowest BCUT2D eigenvalue weighted by Crippen LogP contribution is -1.93. The van der Waals surface area contributed by atoms with E-state index in [0.29, 0.717) is 0 Å². The van der Waals surface area contributed by atoms with Gasteiger partial charge >= 0.3 is 0 Å². The van der Waals surface area contributed by atoms with E-state index in [0.717, 1.165) is 12.0 Å². The van der Waals surface area contributed by atoms with E-state index in [1.165, 1.54) is 5.56 Å². The fraction of sp³-hybridized carbons (Fsp3) is 0.182. The quantitative estimate of drug-likeness (QED) is 0.670. The highest BCUT2D eigenvalue weighted by Crippen LogP contribution is 2.05. The van der Waals surface area contributed by atoms with Crippen molar-refractivity contribution in [1.29, 1.82) is 0 Å². The van der Waals surface area contributed by atoms with E-state index in [1.807, 2.05) is 30.3 Å². The van der Waals surface area contributed by atoms with Crippen molar-refractivity contribution in [1.82, 2.24) is 0 Å². The number of benzene rings is 1. The third-order valence-corrected chi connectivity index (χ3v) is 1.70. The first-order valence-electron chi connectivity index (χ1n) is 3.89. The van der Waals surface area contributed by atoms with Crippen molar-refractivity contribution < 1.29 is 5.11 Å². The highest BCUT2D eigenvalue weighted by Gasteiger charge is 1.95. The molecule has 1 rings (SSSR count). The van der Waals surface area contributed by atoms with E-state index in [-0.39, 0.29) is 6.61 Å². The molecule has 1 aromatic carbocycles. The van der Waals surface area contributed by atoms with Crippen molar-refractivity contribution in [3.8, 4) is 0 Å². The second kappa shape index (κ2) is 4.55. The maximum atomic E-state index is 8.85. The molecule has 0 aromatic heterocycles. The normalized spacial score (nSPS) is 9.08. The summed E-state index contributed by atoms with van der Waals surface area (Å²) in [6, 6.07) is 9.97. The molecule has 0 radical (unpaired) electrons. The minimum atomic E-state index is 0.0401. The van der Waals surface area contributed by atoms with Gasteiger partial charge in [0.15, 0.2) is 0 Å². The molecule has 1 aromatic rings. The summed E-state index contributed by atoms with van der Waals surface area (Å²) in [6.45, 7) is 3.55. The third kappa shape index (κ3) is 2.39. The second-order valence-corrected chi connectivity index (χ2v) is 2.60. The van der Waals surface area contributed by atoms with Gasteiger partial charge in [-0.25, -0.2) is 0 Å². The molecule has 1 nitrogen and oxygen atoms in total. The van der Waals surface area contributed by atoms with Gasteiger partial charge in [-0.2, -0.15) is 0 Å². The van der Waals surface area contributed by atoms with Crippen LogP contribution in [0.1, 0.15) is 5.56 Å². The second-order valence-electron chi connectivity index (χ2n) is 2.60. The number of hydrogen-bond donors (Lipinski definition) is 1. The summed E-state index contributed by atoms with van der Waals surface area (Å²) in [5.41, 5.74) is 4.73. The van der Waals surface area contributed by atoms with Crippen molar-refractivity contribution in [2.45, 2.75) is 6.42 Å². The van der Waals surface area contributed by atoms with Gasteiger partial charge in [0.25, 0.3) is 0 Å². The van der Waals surface area contributed by atoms with E-state index >= 15 is 0 Å². The van der Waals surface area contributed by atoms with Crippen molar-refractivity contribution in [3.05, 3.63) is 53.8 Å². The van der Waals surface area contributed by atoms with Crippen molar-refractivity contribution in [3.63, 3.8) is 0 Å². The third-order valence-electron chi connectivity index (χ3n) is 1.70. The number of rotatable bonds is 3. The van der Waals surface area contributed by atoms with Gasteiger partial charge in [0.05, 0.1) is 6.61 Å². The molecule has 1 N–H and O–H groups in total. The Kier molecular flexibility index (Phi) is 3.34. The van der Waals surface area contributed by atoms with E-state index in [4.69, 9.17) is 5.11 Å². The molecule has 0 atom stereocenters. The Hall–Kier alpha value is -1.30. The molecular formula is C11H12O. The van der Waals surface area contributed by atoms with E-state index in [9.17, 15) is 0 Å². The van der Waals surface area contributed by atoms with Gasteiger partial charge in [-0.15, -0.1) is 5.73 Å². The SMILES string of the molecule is C=C=C(CO)Cc1ccccc1. The first-order chi connectivity index (χ1) is 5.86. The molecule has 0 aliphatic rings. The van der Waals surface area contributed by atoms with Crippen molar-refractivity contribution >= 4 is 0 Å². The van der Waals surface area contributed by atoms with Gasteiger partial charge in [0.1, 0.15) is 0 Å². The maximum absolute atomic E-state index is 8.85. The first kappa shape index (κ1) is 8.79. The summed E-state index contributed by atoms with van der Waals surface area (Å²) in [6.07, 6.45) is 0.737. The molecule has 0 saturated carbocycles. The monoisotopic (exact) mass is 160 g/mol. The van der Waals surface area contributed by atoms with Gasteiger partial charge in [0.2, 0.25) is 0 Å². The predicted molar refractivity (Wildman–Crippen MR) is 49.9 cm³/mol. The van der Waals surface area contributed by atoms with Gasteiger partial charge in [-0.3, -0.25) is 0 Å². The summed E-state index contributed by atoms with van der Waals surface area (Å²) < 4.78 is 0. The fourth-order valence-corrected chi connectivity index (χ4v) is 1.02. The van der Waals surface area contributed by atoms with E-state index in [1.54, 1.807) is 0 Å². The maximum Gasteiger partial charge on any atom is 0.0718 e. The molecule has 62 valence electrons. The fourth-order valence-electron chi connectivity index (χ4n) is 1.02. The molecule has 0 aliphatic heterocycles. The van der Waals surface area contributed by atoms with Crippen LogP contribution in [0.25, 0.3) is 0 Å². The first-order valence-corrected chi connectivity index (χ1v) is 3.89. The lowest BCUT2D eigenvalue weighted by Gasteiger charge is -2.00. The summed E-state index contributed by atoms with van der Waals surface area (Å²) in [7, 11) is 0. The van der Waals surface area contributed by atoms with Crippen molar-refractivity contribution in [2.24, 2.45) is 0 Å². The minimum absolute atomic E-state index is 0.0401. The molecule has 0 amide bonds. The molecule has 0 bridgehead atoms. The minimum Gasteiger partial charge on any atom is -0.391 e. The van der Waals surface area contributed by atoms with Gasteiger partial charge in [-0.05, 0) is 5.56 Å². The number of hydrogen-bond acceptors (Lipinski definition) is 1. The number of aliphatic hydroxyl groups excluding tert-OH is 1. The van der Waals surface area contributed by atoms with Crippen LogP contribution in [0.5, 0.6) is 0 Å². The summed E-state index contributed by atoms with van der Waals surface area (Å²) in [4.78, 5) is 0. The van der Waals surface area contributed by atoms with Gasteiger partial charge < -0.3 is 5.11 Å². The van der Waals surface area contributed by atoms with Gasteiger partial charge in [0, 0.05) is 12.0 Å². The average molecular weight is 160 g/mol. The van der Waals surface area contributed by atoms with Gasteiger partial charge in [-0.1, -0.05) is 36.9 Å². The van der Waals surface area contributed by atoms with Crippen LogP contribution in [-0.4, -0.2) is 11.7 Å². The van der Waals surface area contributed by atoms with Crippen LogP contribution in [0, 0.1) is 0 Å². The standard InChI is InChI=1S/C11H12O/c1-2-10(9-12)8-11-6-4-3-5-7-11/h3-7,12H,1,8-9H2. The Morgan fingerprint density at radius 2 is 2.00 bits per heavy atom. The molecule has 1 heteroatoms. The predicted octanol–water partition coefficient (Wildman–Crippen LogP) is 1.93. The molecular weight excluding hydrogens is 148 g/mol.